The van der Waals surface area contributed by atoms with Gasteiger partial charge in [0.2, 0.25) is 0 Å². The van der Waals surface area contributed by atoms with Crippen LogP contribution in [0.4, 0.5) is 17.1 Å². The summed E-state index contributed by atoms with van der Waals surface area (Å²) in [6.07, 6.45) is 3.40. The van der Waals surface area contributed by atoms with E-state index in [-0.39, 0.29) is 5.91 Å². The van der Waals surface area contributed by atoms with Crippen LogP contribution in [0.1, 0.15) is 17.4 Å². The lowest BCUT2D eigenvalue weighted by Gasteiger charge is -2.10. The molecule has 0 radical (unpaired) electrons. The molecule has 0 saturated heterocycles. The molecule has 0 spiro atoms. The zero-order valence-electron chi connectivity index (χ0n) is 15.9. The molecule has 4 aromatic rings. The number of aromatic nitrogens is 2. The molecule has 2 aromatic carbocycles. The lowest BCUT2D eigenvalue weighted by atomic mass is 10.2. The van der Waals surface area contributed by atoms with Crippen molar-refractivity contribution in [3.63, 3.8) is 0 Å². The second kappa shape index (κ2) is 8.39. The Hall–Kier alpha value is -3.93. The number of nitrogens with one attached hydrogen (secondary N) is 2. The molecule has 29 heavy (non-hydrogen) atoms. The van der Waals surface area contributed by atoms with Crippen molar-refractivity contribution in [1.29, 1.82) is 0 Å². The Kier molecular flexibility index (Phi) is 5.33. The molecule has 0 fully saturated rings. The summed E-state index contributed by atoms with van der Waals surface area (Å²) in [5, 5.41) is 7.20. The molecule has 0 saturated carbocycles. The minimum absolute atomic E-state index is 0.271. The first kappa shape index (κ1) is 18.4. The maximum absolute atomic E-state index is 12.4. The van der Waals surface area contributed by atoms with Gasteiger partial charge in [-0.25, -0.2) is 4.98 Å². The van der Waals surface area contributed by atoms with Gasteiger partial charge in [-0.3, -0.25) is 9.78 Å². The molecule has 144 valence electrons. The fraction of sp³-hybridized carbons (Fsp3) is 0.0870. The highest BCUT2D eigenvalue weighted by atomic mass is 16.5. The predicted octanol–water partition coefficient (Wildman–Crippen LogP) is 5.02. The topological polar surface area (TPSA) is 76.1 Å². The quantitative estimate of drug-likeness (QED) is 0.488. The van der Waals surface area contributed by atoms with Gasteiger partial charge in [-0.15, -0.1) is 0 Å². The highest BCUT2D eigenvalue weighted by molar-refractivity contribution is 6.03. The molecule has 2 aromatic heterocycles. The minimum Gasteiger partial charge on any atom is -0.494 e. The van der Waals surface area contributed by atoms with Gasteiger partial charge in [0, 0.05) is 17.3 Å². The predicted molar refractivity (Wildman–Crippen MR) is 115 cm³/mol. The fourth-order valence-corrected chi connectivity index (χ4v) is 2.96. The van der Waals surface area contributed by atoms with E-state index < -0.39 is 0 Å². The molecule has 6 nitrogen and oxygen atoms in total. The highest BCUT2D eigenvalue weighted by Crippen LogP contribution is 2.24. The molecule has 0 bridgehead atoms. The largest absolute Gasteiger partial charge is 0.494 e. The number of amides is 1. The van der Waals surface area contributed by atoms with Gasteiger partial charge in [-0.05, 0) is 55.5 Å². The molecule has 0 aliphatic rings. The highest BCUT2D eigenvalue weighted by Gasteiger charge is 2.09. The van der Waals surface area contributed by atoms with Gasteiger partial charge < -0.3 is 15.4 Å². The first-order valence-corrected chi connectivity index (χ1v) is 9.34. The Morgan fingerprint density at radius 2 is 1.72 bits per heavy atom. The number of carbonyl (C=O) groups excluding carboxylic acids is 1. The third-order valence-electron chi connectivity index (χ3n) is 4.33. The number of para-hydroxylation sites is 1. The van der Waals surface area contributed by atoms with Crippen LogP contribution in [0, 0.1) is 0 Å². The lowest BCUT2D eigenvalue weighted by molar-refractivity contribution is 0.102. The Labute approximate surface area is 168 Å². The average Bonchev–Trinajstić information content (AvgIpc) is 2.76. The van der Waals surface area contributed by atoms with Crippen molar-refractivity contribution in [3.05, 3.63) is 84.8 Å². The van der Waals surface area contributed by atoms with Crippen molar-refractivity contribution in [3.8, 4) is 5.75 Å². The van der Waals surface area contributed by atoms with Gasteiger partial charge in [-0.1, -0.05) is 18.2 Å². The molecule has 0 aliphatic heterocycles. The summed E-state index contributed by atoms with van der Waals surface area (Å²) < 4.78 is 5.40. The summed E-state index contributed by atoms with van der Waals surface area (Å²) in [4.78, 5) is 21.1. The standard InChI is InChI=1S/C23H20N4O2/c1-2-29-19-11-8-17(9-12-19)27-23(28)21-13-10-18(15-25-21)26-20-7-3-5-16-6-4-14-24-22(16)20/h3-15,26H,2H2,1H3,(H,27,28). The number of nitrogens with zero attached hydrogens (tertiary/aromatic N) is 2. The number of pyridine rings is 2. The molecule has 0 aliphatic carbocycles. The number of carbonyl (C=O) groups is 1. The summed E-state index contributed by atoms with van der Waals surface area (Å²) in [6, 6.07) is 20.6. The normalized spacial score (nSPS) is 10.5. The van der Waals surface area contributed by atoms with E-state index in [2.05, 4.69) is 20.6 Å². The van der Waals surface area contributed by atoms with Gasteiger partial charge in [0.15, 0.2) is 0 Å². The number of anilines is 3. The van der Waals surface area contributed by atoms with Gasteiger partial charge in [0.1, 0.15) is 11.4 Å². The molecule has 4 rings (SSSR count). The van der Waals surface area contributed by atoms with Crippen LogP contribution < -0.4 is 15.4 Å². The van der Waals surface area contributed by atoms with Crippen LogP contribution in [-0.2, 0) is 0 Å². The van der Waals surface area contributed by atoms with Gasteiger partial charge >= 0.3 is 0 Å². The minimum atomic E-state index is -0.271. The smallest absolute Gasteiger partial charge is 0.274 e. The summed E-state index contributed by atoms with van der Waals surface area (Å²) in [7, 11) is 0. The van der Waals surface area contributed by atoms with Crippen molar-refractivity contribution >= 4 is 33.9 Å². The van der Waals surface area contributed by atoms with E-state index in [0.29, 0.717) is 18.0 Å². The Bertz CT molecular complexity index is 1120. The molecular weight excluding hydrogens is 364 g/mol. The van der Waals surface area contributed by atoms with E-state index in [1.807, 2.05) is 55.5 Å². The van der Waals surface area contributed by atoms with Crippen LogP contribution >= 0.6 is 0 Å². The van der Waals surface area contributed by atoms with Gasteiger partial charge in [0.25, 0.3) is 5.91 Å². The number of benzene rings is 2. The van der Waals surface area contributed by atoms with Crippen LogP contribution in [0.25, 0.3) is 10.9 Å². The van der Waals surface area contributed by atoms with E-state index in [1.54, 1.807) is 30.6 Å². The van der Waals surface area contributed by atoms with E-state index in [4.69, 9.17) is 4.74 Å². The van der Waals surface area contributed by atoms with E-state index in [9.17, 15) is 4.79 Å². The van der Waals surface area contributed by atoms with E-state index >= 15 is 0 Å². The van der Waals surface area contributed by atoms with Crippen molar-refractivity contribution in [2.24, 2.45) is 0 Å². The molecule has 6 heteroatoms. The second-order valence-electron chi connectivity index (χ2n) is 6.35. The number of hydrogen-bond donors (Lipinski definition) is 2. The van der Waals surface area contributed by atoms with Crippen molar-refractivity contribution in [2.75, 3.05) is 17.2 Å². The Morgan fingerprint density at radius 1 is 0.931 bits per heavy atom. The molecule has 2 N–H and O–H groups in total. The Balaban J connectivity index is 1.45. The third-order valence-corrected chi connectivity index (χ3v) is 4.33. The number of fused-ring (bicyclic) bond motifs is 1. The van der Waals surface area contributed by atoms with Crippen LogP contribution in [0.3, 0.4) is 0 Å². The molecule has 1 amide bonds. The lowest BCUT2D eigenvalue weighted by Crippen LogP contribution is -2.13. The Morgan fingerprint density at radius 3 is 2.48 bits per heavy atom. The van der Waals surface area contributed by atoms with Crippen LogP contribution in [0.15, 0.2) is 79.1 Å². The first-order valence-electron chi connectivity index (χ1n) is 9.34. The van der Waals surface area contributed by atoms with Crippen molar-refractivity contribution < 1.29 is 9.53 Å². The van der Waals surface area contributed by atoms with E-state index in [1.165, 1.54) is 0 Å². The average molecular weight is 384 g/mol. The summed E-state index contributed by atoms with van der Waals surface area (Å²) in [6.45, 7) is 2.53. The SMILES string of the molecule is CCOc1ccc(NC(=O)c2ccc(Nc3cccc4cccnc34)cn2)cc1. The molecule has 0 unspecified atom stereocenters. The maximum atomic E-state index is 12.4. The summed E-state index contributed by atoms with van der Waals surface area (Å²) in [5.41, 5.74) is 3.56. The number of ether oxygens (including phenoxy) is 1. The number of hydrogen-bond acceptors (Lipinski definition) is 5. The van der Waals surface area contributed by atoms with Crippen molar-refractivity contribution in [1.82, 2.24) is 9.97 Å². The maximum Gasteiger partial charge on any atom is 0.274 e. The van der Waals surface area contributed by atoms with Crippen LogP contribution in [0.5, 0.6) is 5.75 Å². The summed E-state index contributed by atoms with van der Waals surface area (Å²) >= 11 is 0. The first-order chi connectivity index (χ1) is 14.2. The zero-order valence-corrected chi connectivity index (χ0v) is 15.9. The fourth-order valence-electron chi connectivity index (χ4n) is 2.96. The molecule has 0 atom stereocenters. The zero-order chi connectivity index (χ0) is 20.1. The summed E-state index contributed by atoms with van der Waals surface area (Å²) in [5.74, 6) is 0.495. The number of rotatable bonds is 6. The second-order valence-corrected chi connectivity index (χ2v) is 6.35. The van der Waals surface area contributed by atoms with Gasteiger partial charge in [0.05, 0.1) is 29.7 Å². The van der Waals surface area contributed by atoms with E-state index in [0.717, 1.165) is 28.0 Å². The van der Waals surface area contributed by atoms with Crippen molar-refractivity contribution in [2.45, 2.75) is 6.92 Å². The molecule has 2 heterocycles. The monoisotopic (exact) mass is 384 g/mol. The van der Waals surface area contributed by atoms with Gasteiger partial charge in [-0.2, -0.15) is 0 Å². The van der Waals surface area contributed by atoms with Crippen LogP contribution in [0.2, 0.25) is 0 Å². The van der Waals surface area contributed by atoms with Crippen LogP contribution in [-0.4, -0.2) is 22.5 Å². The molecular formula is C23H20N4O2. The third kappa shape index (κ3) is 4.32.